The van der Waals surface area contributed by atoms with Crippen LogP contribution < -0.4 is 16.2 Å². The minimum atomic E-state index is -4.57. The van der Waals surface area contributed by atoms with Crippen LogP contribution in [0.5, 0.6) is 0 Å². The number of alkyl halides is 3. The van der Waals surface area contributed by atoms with E-state index in [1.807, 2.05) is 5.43 Å². The zero-order valence-electron chi connectivity index (χ0n) is 11.8. The topological polar surface area (TPSA) is 83.1 Å². The van der Waals surface area contributed by atoms with E-state index >= 15 is 0 Å². The number of carbonyl (C=O) groups is 2. The maximum Gasteiger partial charge on any atom is 0.417 e. The molecule has 1 aromatic carbocycles. The Morgan fingerprint density at radius 3 is 2.33 bits per heavy atom. The fraction of sp³-hybridized carbons (Fsp3) is 0.0714. The second-order valence-electron chi connectivity index (χ2n) is 4.46. The van der Waals surface area contributed by atoms with Crippen molar-refractivity contribution >= 4 is 33.6 Å². The lowest BCUT2D eigenvalue weighted by Crippen LogP contribution is -2.43. The summed E-state index contributed by atoms with van der Waals surface area (Å²) in [5.74, 6) is -0.598. The largest absolute Gasteiger partial charge is 0.417 e. The number of nitrogens with one attached hydrogen (secondary N) is 3. The van der Waals surface area contributed by atoms with Crippen LogP contribution in [0.2, 0.25) is 0 Å². The summed E-state index contributed by atoms with van der Waals surface area (Å²) in [6.45, 7) is 0. The Morgan fingerprint density at radius 2 is 1.71 bits per heavy atom. The minimum absolute atomic E-state index is 0.0822. The lowest BCUT2D eigenvalue weighted by Gasteiger charge is -2.12. The fourth-order valence-electron chi connectivity index (χ4n) is 1.67. The molecule has 0 aliphatic carbocycles. The van der Waals surface area contributed by atoms with Gasteiger partial charge in [-0.05, 0) is 30.3 Å². The highest BCUT2D eigenvalue weighted by atomic mass is 79.9. The SMILES string of the molecule is O=C(NNC(=O)c1ccncc1)Nc1ccc(Br)c(C(F)(F)F)c1. The molecule has 0 aliphatic heterocycles. The van der Waals surface area contributed by atoms with Crippen molar-refractivity contribution in [3.63, 3.8) is 0 Å². The van der Waals surface area contributed by atoms with Crippen molar-refractivity contribution in [1.29, 1.82) is 0 Å². The van der Waals surface area contributed by atoms with Gasteiger partial charge in [0.15, 0.2) is 0 Å². The van der Waals surface area contributed by atoms with Gasteiger partial charge in [-0.2, -0.15) is 13.2 Å². The summed E-state index contributed by atoms with van der Waals surface area (Å²) in [4.78, 5) is 27.1. The maximum absolute atomic E-state index is 12.8. The third kappa shape index (κ3) is 4.69. The molecule has 1 aromatic heterocycles. The fourth-order valence-corrected chi connectivity index (χ4v) is 2.14. The molecule has 0 bridgehead atoms. The van der Waals surface area contributed by atoms with Gasteiger partial charge in [-0.25, -0.2) is 10.2 Å². The van der Waals surface area contributed by atoms with Crippen LogP contribution in [0.15, 0.2) is 47.2 Å². The highest BCUT2D eigenvalue weighted by Gasteiger charge is 2.33. The highest BCUT2D eigenvalue weighted by Crippen LogP contribution is 2.36. The first-order chi connectivity index (χ1) is 11.3. The molecule has 126 valence electrons. The molecule has 0 atom stereocenters. The lowest BCUT2D eigenvalue weighted by molar-refractivity contribution is -0.138. The predicted octanol–water partition coefficient (Wildman–Crippen LogP) is 3.33. The number of pyridine rings is 1. The number of nitrogens with zero attached hydrogens (tertiary/aromatic N) is 1. The Bertz CT molecular complexity index is 753. The maximum atomic E-state index is 12.8. The van der Waals surface area contributed by atoms with Gasteiger partial charge in [-0.15, -0.1) is 0 Å². The molecule has 6 nitrogen and oxygen atoms in total. The summed E-state index contributed by atoms with van der Waals surface area (Å²) in [5, 5.41) is 2.19. The predicted molar refractivity (Wildman–Crippen MR) is 83.0 cm³/mol. The molecule has 1 heterocycles. The molecule has 3 N–H and O–H groups in total. The molecule has 0 aliphatic rings. The third-order valence-electron chi connectivity index (χ3n) is 2.76. The summed E-state index contributed by atoms with van der Waals surface area (Å²) in [7, 11) is 0. The number of urea groups is 1. The van der Waals surface area contributed by atoms with Crippen LogP contribution in [0, 0.1) is 0 Å². The molecule has 0 radical (unpaired) electrons. The second-order valence-corrected chi connectivity index (χ2v) is 5.32. The zero-order chi connectivity index (χ0) is 17.7. The number of hydrogen-bond acceptors (Lipinski definition) is 3. The summed E-state index contributed by atoms with van der Waals surface area (Å²) in [6.07, 6.45) is -1.77. The van der Waals surface area contributed by atoms with Gasteiger partial charge in [-0.3, -0.25) is 15.2 Å². The Balaban J connectivity index is 1.97. The molecule has 24 heavy (non-hydrogen) atoms. The number of benzene rings is 1. The summed E-state index contributed by atoms with van der Waals surface area (Å²) < 4.78 is 38.2. The molecular formula is C14H10BrF3N4O2. The Morgan fingerprint density at radius 1 is 1.04 bits per heavy atom. The molecule has 0 saturated heterocycles. The van der Waals surface area contributed by atoms with Crippen molar-refractivity contribution in [2.75, 3.05) is 5.32 Å². The van der Waals surface area contributed by atoms with Crippen molar-refractivity contribution in [3.8, 4) is 0 Å². The number of anilines is 1. The van der Waals surface area contributed by atoms with Crippen LogP contribution in [0.3, 0.4) is 0 Å². The van der Waals surface area contributed by atoms with E-state index in [4.69, 9.17) is 0 Å². The molecule has 0 unspecified atom stereocenters. The molecule has 0 spiro atoms. The number of carbonyl (C=O) groups excluding carboxylic acids is 2. The van der Waals surface area contributed by atoms with E-state index in [2.05, 4.69) is 31.7 Å². The van der Waals surface area contributed by atoms with Crippen molar-refractivity contribution in [3.05, 3.63) is 58.3 Å². The van der Waals surface area contributed by atoms with Crippen LogP contribution in [0.4, 0.5) is 23.7 Å². The average molecular weight is 403 g/mol. The van der Waals surface area contributed by atoms with E-state index in [0.717, 1.165) is 12.1 Å². The van der Waals surface area contributed by atoms with Crippen molar-refractivity contribution in [2.24, 2.45) is 0 Å². The first kappa shape index (κ1) is 17.7. The number of hydrazine groups is 1. The van der Waals surface area contributed by atoms with Gasteiger partial charge in [0.2, 0.25) is 0 Å². The van der Waals surface area contributed by atoms with E-state index in [0.29, 0.717) is 0 Å². The van der Waals surface area contributed by atoms with Crippen molar-refractivity contribution in [2.45, 2.75) is 6.18 Å². The summed E-state index contributed by atoms with van der Waals surface area (Å²) in [6, 6.07) is 5.18. The minimum Gasteiger partial charge on any atom is -0.307 e. The van der Waals surface area contributed by atoms with E-state index in [-0.39, 0.29) is 15.7 Å². The highest BCUT2D eigenvalue weighted by molar-refractivity contribution is 9.10. The van der Waals surface area contributed by atoms with Crippen LogP contribution in [-0.4, -0.2) is 16.9 Å². The van der Waals surface area contributed by atoms with Crippen LogP contribution in [0.25, 0.3) is 0 Å². The summed E-state index contributed by atoms with van der Waals surface area (Å²) >= 11 is 2.80. The van der Waals surface area contributed by atoms with Crippen LogP contribution in [-0.2, 0) is 6.18 Å². The summed E-state index contributed by atoms with van der Waals surface area (Å²) in [5.41, 5.74) is 3.40. The first-order valence-electron chi connectivity index (χ1n) is 6.41. The van der Waals surface area contributed by atoms with Crippen LogP contribution in [0.1, 0.15) is 15.9 Å². The number of amides is 3. The molecule has 0 saturated carbocycles. The number of halogens is 4. The van der Waals surface area contributed by atoms with E-state index in [1.54, 1.807) is 0 Å². The number of aromatic nitrogens is 1. The van der Waals surface area contributed by atoms with Gasteiger partial charge in [-0.1, -0.05) is 15.9 Å². The Labute approximate surface area is 142 Å². The lowest BCUT2D eigenvalue weighted by atomic mass is 10.2. The van der Waals surface area contributed by atoms with Crippen molar-refractivity contribution < 1.29 is 22.8 Å². The normalized spacial score (nSPS) is 10.8. The Kier molecular flexibility index (Phi) is 5.39. The zero-order valence-corrected chi connectivity index (χ0v) is 13.4. The monoisotopic (exact) mass is 402 g/mol. The van der Waals surface area contributed by atoms with Gasteiger partial charge in [0.1, 0.15) is 0 Å². The average Bonchev–Trinajstić information content (AvgIpc) is 2.54. The molecule has 0 fully saturated rings. The second kappa shape index (κ2) is 7.30. The van der Waals surface area contributed by atoms with Gasteiger partial charge in [0.05, 0.1) is 5.56 Å². The third-order valence-corrected chi connectivity index (χ3v) is 3.45. The molecule has 3 amide bonds. The number of rotatable bonds is 2. The smallest absolute Gasteiger partial charge is 0.307 e. The van der Waals surface area contributed by atoms with Gasteiger partial charge < -0.3 is 5.32 Å². The van der Waals surface area contributed by atoms with Crippen molar-refractivity contribution in [1.82, 2.24) is 15.8 Å². The molecule has 2 rings (SSSR count). The standard InChI is InChI=1S/C14H10BrF3N4O2/c15-11-2-1-9(7-10(11)14(16,17)18)20-13(24)22-21-12(23)8-3-5-19-6-4-8/h1-7H,(H,21,23)(H2,20,22,24). The van der Waals surface area contributed by atoms with E-state index < -0.39 is 23.7 Å². The Hall–Kier alpha value is -2.62. The molecule has 10 heteroatoms. The van der Waals surface area contributed by atoms with Gasteiger partial charge >= 0.3 is 12.2 Å². The van der Waals surface area contributed by atoms with Gasteiger partial charge in [0, 0.05) is 28.1 Å². The van der Waals surface area contributed by atoms with E-state index in [1.165, 1.54) is 30.6 Å². The molecular weight excluding hydrogens is 393 g/mol. The molecule has 2 aromatic rings. The van der Waals surface area contributed by atoms with Crippen LogP contribution >= 0.6 is 15.9 Å². The first-order valence-corrected chi connectivity index (χ1v) is 7.21. The quantitative estimate of drug-likeness (QED) is 0.673. The van der Waals surface area contributed by atoms with E-state index in [9.17, 15) is 22.8 Å². The van der Waals surface area contributed by atoms with Gasteiger partial charge in [0.25, 0.3) is 5.91 Å². The number of hydrogen-bond donors (Lipinski definition) is 3.